The number of aliphatic hydroxyl groups excluding tert-OH is 1. The summed E-state index contributed by atoms with van der Waals surface area (Å²) in [6.45, 7) is 5.32. The van der Waals surface area contributed by atoms with Gasteiger partial charge in [0, 0.05) is 11.6 Å². The average Bonchev–Trinajstić information content (AvgIpc) is 2.43. The topological polar surface area (TPSA) is 72.6 Å². The minimum atomic E-state index is -4.95. The molecule has 0 spiro atoms. The van der Waals surface area contributed by atoms with Gasteiger partial charge in [-0.1, -0.05) is 20.8 Å². The molecule has 0 aliphatic rings. The number of nitro benzene ring substituents is 1. The average molecular weight is 321 g/mol. The third kappa shape index (κ3) is 3.49. The molecule has 1 aromatic carbocycles. The zero-order valence-electron chi connectivity index (χ0n) is 12.7. The fourth-order valence-corrected chi connectivity index (χ4v) is 1.97. The van der Waals surface area contributed by atoms with E-state index in [0.717, 1.165) is 13.2 Å². The molecule has 0 aliphatic heterocycles. The van der Waals surface area contributed by atoms with Gasteiger partial charge < -0.3 is 9.84 Å². The lowest BCUT2D eigenvalue weighted by atomic mass is 9.80. The number of hydrogen-bond donors (Lipinski definition) is 1. The Morgan fingerprint density at radius 3 is 2.27 bits per heavy atom. The van der Waals surface area contributed by atoms with Gasteiger partial charge in [0.15, 0.2) is 6.10 Å². The van der Waals surface area contributed by atoms with Crippen molar-refractivity contribution in [3.05, 3.63) is 33.4 Å². The monoisotopic (exact) mass is 321 g/mol. The van der Waals surface area contributed by atoms with E-state index in [2.05, 4.69) is 0 Å². The van der Waals surface area contributed by atoms with Crippen molar-refractivity contribution in [2.75, 3.05) is 7.11 Å². The van der Waals surface area contributed by atoms with Crippen LogP contribution in [-0.2, 0) is 5.41 Å². The van der Waals surface area contributed by atoms with E-state index >= 15 is 0 Å². The molecular weight excluding hydrogens is 303 g/mol. The van der Waals surface area contributed by atoms with Crippen molar-refractivity contribution >= 4 is 5.69 Å². The molecule has 22 heavy (non-hydrogen) atoms. The first-order valence-electron chi connectivity index (χ1n) is 6.57. The molecule has 0 fully saturated rings. The third-order valence-electron chi connectivity index (χ3n) is 3.77. The zero-order valence-corrected chi connectivity index (χ0v) is 12.7. The number of aliphatic hydroxyl groups is 1. The summed E-state index contributed by atoms with van der Waals surface area (Å²) in [6.07, 6.45) is -7.25. The molecule has 1 unspecified atom stereocenters. The summed E-state index contributed by atoms with van der Waals surface area (Å²) in [4.78, 5) is 10.3. The molecule has 0 bridgehead atoms. The summed E-state index contributed by atoms with van der Waals surface area (Å²) in [5.74, 6) is -0.578. The molecular formula is C14H18F3NO4. The molecule has 0 radical (unpaired) electrons. The number of nitrogens with zero attached hydrogens (tertiary/aromatic N) is 1. The second kappa shape index (κ2) is 6.12. The van der Waals surface area contributed by atoms with Crippen molar-refractivity contribution in [1.82, 2.24) is 0 Å². The summed E-state index contributed by atoms with van der Waals surface area (Å²) in [5, 5.41) is 20.6. The Bertz CT molecular complexity index is 570. The maximum atomic E-state index is 12.8. The number of alkyl halides is 3. The Morgan fingerprint density at radius 1 is 1.36 bits per heavy atom. The first-order chi connectivity index (χ1) is 9.95. The van der Waals surface area contributed by atoms with Crippen molar-refractivity contribution in [3.8, 4) is 5.75 Å². The first-order valence-corrected chi connectivity index (χ1v) is 6.57. The quantitative estimate of drug-likeness (QED) is 0.659. The summed E-state index contributed by atoms with van der Waals surface area (Å²) in [7, 11) is 1.03. The van der Waals surface area contributed by atoms with Crippen LogP contribution in [0.2, 0.25) is 0 Å². The Kier molecular flexibility index (Phi) is 5.06. The van der Waals surface area contributed by atoms with Crippen LogP contribution in [0.4, 0.5) is 18.9 Å². The normalized spacial score (nSPS) is 13.8. The second-order valence-corrected chi connectivity index (χ2v) is 5.56. The van der Waals surface area contributed by atoms with Crippen LogP contribution in [0.5, 0.6) is 5.75 Å². The van der Waals surface area contributed by atoms with Crippen LogP contribution in [0, 0.1) is 10.1 Å². The molecule has 0 aromatic heterocycles. The molecule has 1 atom stereocenters. The summed E-state index contributed by atoms with van der Waals surface area (Å²) >= 11 is 0. The van der Waals surface area contributed by atoms with Gasteiger partial charge in [-0.05, 0) is 23.5 Å². The second-order valence-electron chi connectivity index (χ2n) is 5.56. The lowest BCUT2D eigenvalue weighted by molar-refractivity contribution is -0.386. The van der Waals surface area contributed by atoms with E-state index in [1.165, 1.54) is 6.07 Å². The maximum absolute atomic E-state index is 12.8. The highest BCUT2D eigenvalue weighted by Gasteiger charge is 2.43. The van der Waals surface area contributed by atoms with E-state index in [-0.39, 0.29) is 0 Å². The summed E-state index contributed by atoms with van der Waals surface area (Å²) in [5.41, 5.74) is -1.50. The molecule has 0 saturated carbocycles. The third-order valence-corrected chi connectivity index (χ3v) is 3.77. The number of benzene rings is 1. The number of rotatable bonds is 5. The zero-order chi connectivity index (χ0) is 17.3. The molecule has 0 heterocycles. The Hall–Kier alpha value is -1.83. The van der Waals surface area contributed by atoms with E-state index in [0.29, 0.717) is 12.0 Å². The Balaban J connectivity index is 3.69. The molecule has 1 aromatic rings. The molecule has 5 nitrogen and oxygen atoms in total. The number of methoxy groups -OCH3 is 1. The summed E-state index contributed by atoms with van der Waals surface area (Å²) in [6, 6.07) is 2.31. The SMILES string of the molecule is CCC(C)(C)c1cc(C(O)C(F)(F)F)c(OC)c([N+](=O)[O-])c1. The van der Waals surface area contributed by atoms with Crippen LogP contribution in [0.1, 0.15) is 44.4 Å². The molecule has 8 heteroatoms. The molecule has 1 N–H and O–H groups in total. The highest BCUT2D eigenvalue weighted by molar-refractivity contribution is 5.56. The van der Waals surface area contributed by atoms with Gasteiger partial charge in [-0.3, -0.25) is 10.1 Å². The minimum absolute atomic E-state index is 0.334. The highest BCUT2D eigenvalue weighted by Crippen LogP contribution is 2.44. The number of ether oxygens (including phenoxy) is 1. The van der Waals surface area contributed by atoms with E-state index in [9.17, 15) is 28.4 Å². The lowest BCUT2D eigenvalue weighted by Gasteiger charge is -2.26. The van der Waals surface area contributed by atoms with E-state index in [1.54, 1.807) is 13.8 Å². The molecule has 124 valence electrons. The number of halogens is 3. The van der Waals surface area contributed by atoms with Gasteiger partial charge in [0.1, 0.15) is 0 Å². The van der Waals surface area contributed by atoms with E-state index in [1.807, 2.05) is 6.92 Å². The van der Waals surface area contributed by atoms with Crippen molar-refractivity contribution in [1.29, 1.82) is 0 Å². The Labute approximate surface area is 125 Å². The predicted molar refractivity (Wildman–Crippen MR) is 74.0 cm³/mol. The van der Waals surface area contributed by atoms with E-state index in [4.69, 9.17) is 4.74 Å². The largest absolute Gasteiger partial charge is 0.490 e. The number of hydrogen-bond acceptors (Lipinski definition) is 4. The smallest absolute Gasteiger partial charge is 0.418 e. The maximum Gasteiger partial charge on any atom is 0.418 e. The minimum Gasteiger partial charge on any atom is -0.490 e. The Morgan fingerprint density at radius 2 is 1.91 bits per heavy atom. The van der Waals surface area contributed by atoms with Gasteiger partial charge in [0.25, 0.3) is 0 Å². The predicted octanol–water partition coefficient (Wildman–Crippen LogP) is 3.89. The first kappa shape index (κ1) is 18.2. The van der Waals surface area contributed by atoms with Crippen LogP contribution < -0.4 is 4.74 Å². The van der Waals surface area contributed by atoms with Crippen LogP contribution in [0.3, 0.4) is 0 Å². The van der Waals surface area contributed by atoms with Crippen molar-refractivity contribution in [3.63, 3.8) is 0 Å². The van der Waals surface area contributed by atoms with Crippen molar-refractivity contribution in [2.45, 2.75) is 44.9 Å². The van der Waals surface area contributed by atoms with Gasteiger partial charge in [-0.25, -0.2) is 0 Å². The standard InChI is InChI=1S/C14H18F3NO4/c1-5-13(2,3)8-6-9(12(19)14(15,16)17)11(22-4)10(7-8)18(20)21/h6-7,12,19H,5H2,1-4H3. The van der Waals surface area contributed by atoms with Crippen LogP contribution >= 0.6 is 0 Å². The van der Waals surface area contributed by atoms with Gasteiger partial charge in [-0.2, -0.15) is 13.2 Å². The van der Waals surface area contributed by atoms with E-state index < -0.39 is 39.6 Å². The summed E-state index contributed by atoms with van der Waals surface area (Å²) < 4.78 is 43.2. The highest BCUT2D eigenvalue weighted by atomic mass is 19.4. The van der Waals surface area contributed by atoms with Crippen LogP contribution in [0.15, 0.2) is 12.1 Å². The molecule has 0 saturated heterocycles. The van der Waals surface area contributed by atoms with Crippen molar-refractivity contribution in [2.24, 2.45) is 0 Å². The number of nitro groups is 1. The molecule has 0 aliphatic carbocycles. The van der Waals surface area contributed by atoms with Gasteiger partial charge in [-0.15, -0.1) is 0 Å². The van der Waals surface area contributed by atoms with Gasteiger partial charge >= 0.3 is 11.9 Å². The molecule has 1 rings (SSSR count). The van der Waals surface area contributed by atoms with Crippen molar-refractivity contribution < 1.29 is 27.9 Å². The molecule has 0 amide bonds. The lowest BCUT2D eigenvalue weighted by Crippen LogP contribution is -2.23. The fourth-order valence-electron chi connectivity index (χ4n) is 1.97. The van der Waals surface area contributed by atoms with Crippen LogP contribution in [0.25, 0.3) is 0 Å². The van der Waals surface area contributed by atoms with Crippen LogP contribution in [-0.4, -0.2) is 23.3 Å². The fraction of sp³-hybridized carbons (Fsp3) is 0.571. The van der Waals surface area contributed by atoms with Gasteiger partial charge in [0.05, 0.1) is 12.0 Å². The van der Waals surface area contributed by atoms with Gasteiger partial charge in [0.2, 0.25) is 5.75 Å².